The minimum atomic E-state index is 0.00258. The highest BCUT2D eigenvalue weighted by molar-refractivity contribution is 7.19. The number of halogens is 1. The van der Waals surface area contributed by atoms with Crippen molar-refractivity contribution in [2.45, 2.75) is 13.3 Å². The maximum atomic E-state index is 13.3. The molecule has 0 radical (unpaired) electrons. The minimum absolute atomic E-state index is 0.00258. The average Bonchev–Trinajstić information content (AvgIpc) is 3.27. The smallest absolute Gasteiger partial charge is 0.254 e. The van der Waals surface area contributed by atoms with Gasteiger partial charge in [-0.15, -0.1) is 11.3 Å². The van der Waals surface area contributed by atoms with E-state index < -0.39 is 0 Å². The zero-order chi connectivity index (χ0) is 18.3. The molecule has 1 saturated heterocycles. The number of nitrogens with two attached hydrogens (primary N) is 1. The molecule has 0 saturated carbocycles. The first-order valence-corrected chi connectivity index (χ1v) is 9.83. The summed E-state index contributed by atoms with van der Waals surface area (Å²) >= 11 is 7.55. The Labute approximate surface area is 161 Å². The number of hydrogen-bond donors (Lipinski definition) is 1. The standard InChI is InChI=1S/C20H20ClN3OS/c1-20(11-22)8-9-24(12-20)19(25)14-10-16(17-6-7-18(21)26-17)23-15-5-3-2-4-13(14)15/h2-7,10H,8-9,11-12,22H2,1H3. The number of para-hydroxylation sites is 1. The lowest BCUT2D eigenvalue weighted by atomic mass is 9.90. The summed E-state index contributed by atoms with van der Waals surface area (Å²) in [7, 11) is 0. The van der Waals surface area contributed by atoms with Gasteiger partial charge in [0, 0.05) is 18.5 Å². The lowest BCUT2D eigenvalue weighted by Crippen LogP contribution is -2.34. The van der Waals surface area contributed by atoms with Crippen molar-refractivity contribution in [3.63, 3.8) is 0 Å². The van der Waals surface area contributed by atoms with Gasteiger partial charge in [-0.25, -0.2) is 4.98 Å². The van der Waals surface area contributed by atoms with Gasteiger partial charge >= 0.3 is 0 Å². The second kappa shape index (κ2) is 6.65. The van der Waals surface area contributed by atoms with Gasteiger partial charge in [-0.05, 0) is 42.6 Å². The molecule has 1 fully saturated rings. The summed E-state index contributed by atoms with van der Waals surface area (Å²) in [6.45, 7) is 4.17. The maximum Gasteiger partial charge on any atom is 0.254 e. The first-order chi connectivity index (χ1) is 12.5. The minimum Gasteiger partial charge on any atom is -0.338 e. The molecule has 2 N–H and O–H groups in total. The maximum absolute atomic E-state index is 13.3. The summed E-state index contributed by atoms with van der Waals surface area (Å²) in [5.74, 6) is 0.0460. The third-order valence-electron chi connectivity index (χ3n) is 5.11. The quantitative estimate of drug-likeness (QED) is 0.725. The van der Waals surface area contributed by atoms with E-state index in [0.717, 1.165) is 34.4 Å². The molecule has 6 heteroatoms. The number of amides is 1. The van der Waals surface area contributed by atoms with Gasteiger partial charge in [0.2, 0.25) is 0 Å². The molecule has 1 unspecified atom stereocenters. The topological polar surface area (TPSA) is 59.2 Å². The van der Waals surface area contributed by atoms with Crippen LogP contribution >= 0.6 is 22.9 Å². The number of benzene rings is 1. The number of thiophene rings is 1. The second-order valence-electron chi connectivity index (χ2n) is 7.17. The fraction of sp³-hybridized carbons (Fsp3) is 0.300. The molecule has 3 aromatic rings. The van der Waals surface area contributed by atoms with Crippen molar-refractivity contribution >= 4 is 39.7 Å². The first-order valence-electron chi connectivity index (χ1n) is 8.64. The number of carbonyl (C=O) groups is 1. The molecule has 3 heterocycles. The van der Waals surface area contributed by atoms with E-state index in [2.05, 4.69) is 6.92 Å². The summed E-state index contributed by atoms with van der Waals surface area (Å²) < 4.78 is 0.709. The van der Waals surface area contributed by atoms with Crippen molar-refractivity contribution in [1.82, 2.24) is 9.88 Å². The lowest BCUT2D eigenvalue weighted by Gasteiger charge is -2.23. The molecule has 4 nitrogen and oxygen atoms in total. The Morgan fingerprint density at radius 3 is 2.85 bits per heavy atom. The normalized spacial score (nSPS) is 20.0. The average molecular weight is 386 g/mol. The lowest BCUT2D eigenvalue weighted by molar-refractivity contribution is 0.0779. The van der Waals surface area contributed by atoms with Crippen LogP contribution in [-0.4, -0.2) is 35.4 Å². The number of rotatable bonds is 3. The molecule has 1 amide bonds. The van der Waals surface area contributed by atoms with Gasteiger partial charge in [-0.3, -0.25) is 4.79 Å². The van der Waals surface area contributed by atoms with Gasteiger partial charge in [-0.2, -0.15) is 0 Å². The van der Waals surface area contributed by atoms with Gasteiger partial charge in [-0.1, -0.05) is 36.7 Å². The molecule has 1 aromatic carbocycles. The Morgan fingerprint density at radius 1 is 1.35 bits per heavy atom. The van der Waals surface area contributed by atoms with Crippen molar-refractivity contribution in [2.24, 2.45) is 11.1 Å². The number of likely N-dealkylation sites (tertiary alicyclic amines) is 1. The fourth-order valence-electron chi connectivity index (χ4n) is 3.46. The van der Waals surface area contributed by atoms with Crippen LogP contribution in [0, 0.1) is 5.41 Å². The SMILES string of the molecule is CC1(CN)CCN(C(=O)c2cc(-c3ccc(Cl)s3)nc3ccccc23)C1. The van der Waals surface area contributed by atoms with Crippen molar-refractivity contribution in [2.75, 3.05) is 19.6 Å². The second-order valence-corrected chi connectivity index (χ2v) is 8.88. The number of hydrogen-bond acceptors (Lipinski definition) is 4. The predicted octanol–water partition coefficient (Wildman–Crippen LogP) is 4.43. The Kier molecular flexibility index (Phi) is 4.47. The largest absolute Gasteiger partial charge is 0.338 e. The first kappa shape index (κ1) is 17.5. The van der Waals surface area contributed by atoms with Crippen LogP contribution in [0.5, 0.6) is 0 Å². The van der Waals surface area contributed by atoms with Crippen LogP contribution in [0.2, 0.25) is 4.34 Å². The Balaban J connectivity index is 1.79. The van der Waals surface area contributed by atoms with Crippen molar-refractivity contribution in [1.29, 1.82) is 0 Å². The highest BCUT2D eigenvalue weighted by Crippen LogP contribution is 2.34. The van der Waals surface area contributed by atoms with E-state index in [1.54, 1.807) is 0 Å². The summed E-state index contributed by atoms with van der Waals surface area (Å²) in [5, 5.41) is 0.880. The summed E-state index contributed by atoms with van der Waals surface area (Å²) in [5.41, 5.74) is 8.20. The summed E-state index contributed by atoms with van der Waals surface area (Å²) in [6, 6.07) is 13.5. The molecule has 1 aliphatic rings. The number of carbonyl (C=O) groups excluding carboxylic acids is 1. The van der Waals surface area contributed by atoms with E-state index in [0.29, 0.717) is 23.0 Å². The van der Waals surface area contributed by atoms with Gasteiger partial charge in [0.05, 0.1) is 26.0 Å². The third kappa shape index (κ3) is 3.11. The van der Waals surface area contributed by atoms with Gasteiger partial charge < -0.3 is 10.6 Å². The van der Waals surface area contributed by atoms with Crippen LogP contribution in [0.25, 0.3) is 21.5 Å². The van der Waals surface area contributed by atoms with Crippen LogP contribution in [-0.2, 0) is 0 Å². The van der Waals surface area contributed by atoms with E-state index in [9.17, 15) is 4.79 Å². The van der Waals surface area contributed by atoms with Crippen LogP contribution in [0.3, 0.4) is 0 Å². The van der Waals surface area contributed by atoms with E-state index in [-0.39, 0.29) is 11.3 Å². The molecule has 2 aromatic heterocycles. The number of fused-ring (bicyclic) bond motifs is 1. The molecule has 26 heavy (non-hydrogen) atoms. The third-order valence-corrected chi connectivity index (χ3v) is 6.36. The monoisotopic (exact) mass is 385 g/mol. The molecule has 0 aliphatic carbocycles. The van der Waals surface area contributed by atoms with E-state index in [4.69, 9.17) is 22.3 Å². The van der Waals surface area contributed by atoms with Gasteiger partial charge in [0.15, 0.2) is 0 Å². The number of pyridine rings is 1. The predicted molar refractivity (Wildman–Crippen MR) is 108 cm³/mol. The fourth-order valence-corrected chi connectivity index (χ4v) is 4.47. The molecule has 134 valence electrons. The van der Waals surface area contributed by atoms with Crippen molar-refractivity contribution in [3.8, 4) is 10.6 Å². The highest BCUT2D eigenvalue weighted by atomic mass is 35.5. The summed E-state index contributed by atoms with van der Waals surface area (Å²) in [6.07, 6.45) is 0.936. The van der Waals surface area contributed by atoms with Gasteiger partial charge in [0.25, 0.3) is 5.91 Å². The van der Waals surface area contributed by atoms with Crippen LogP contribution in [0.4, 0.5) is 0 Å². The molecular formula is C20H20ClN3OS. The summed E-state index contributed by atoms with van der Waals surface area (Å²) in [4.78, 5) is 20.9. The van der Waals surface area contributed by atoms with Crippen molar-refractivity contribution in [3.05, 3.63) is 52.4 Å². The van der Waals surface area contributed by atoms with E-state index >= 15 is 0 Å². The van der Waals surface area contributed by atoms with Gasteiger partial charge in [0.1, 0.15) is 0 Å². The molecule has 1 atom stereocenters. The number of aromatic nitrogens is 1. The van der Waals surface area contributed by atoms with Crippen LogP contribution < -0.4 is 5.73 Å². The zero-order valence-electron chi connectivity index (χ0n) is 14.5. The molecule has 1 aliphatic heterocycles. The Morgan fingerprint density at radius 2 is 2.15 bits per heavy atom. The Bertz CT molecular complexity index is 986. The molecular weight excluding hydrogens is 366 g/mol. The zero-order valence-corrected chi connectivity index (χ0v) is 16.1. The van der Waals surface area contributed by atoms with Crippen LogP contribution in [0.15, 0.2) is 42.5 Å². The highest BCUT2D eigenvalue weighted by Gasteiger charge is 2.35. The van der Waals surface area contributed by atoms with Crippen LogP contribution in [0.1, 0.15) is 23.7 Å². The molecule has 0 bridgehead atoms. The molecule has 0 spiro atoms. The number of nitrogens with zero attached hydrogens (tertiary/aromatic N) is 2. The Hall–Kier alpha value is -1.95. The molecule has 4 rings (SSSR count). The van der Waals surface area contributed by atoms with E-state index in [1.165, 1.54) is 11.3 Å². The van der Waals surface area contributed by atoms with E-state index in [1.807, 2.05) is 47.4 Å². The van der Waals surface area contributed by atoms with Crippen molar-refractivity contribution < 1.29 is 4.79 Å².